The number of hydrogen-bond acceptors (Lipinski definition) is 1. The summed E-state index contributed by atoms with van der Waals surface area (Å²) in [5.74, 6) is 0. The van der Waals surface area contributed by atoms with E-state index >= 15 is 0 Å². The first kappa shape index (κ1) is 7.74. The van der Waals surface area contributed by atoms with E-state index in [2.05, 4.69) is 0 Å². The minimum atomic E-state index is -0.885. The van der Waals surface area contributed by atoms with Gasteiger partial charge in [-0.3, -0.25) is 0 Å². The maximum absolute atomic E-state index is 13.2. The molecule has 0 bridgehead atoms. The molecule has 1 aromatic carbocycles. The van der Waals surface area contributed by atoms with Crippen LogP contribution < -0.4 is 0 Å². The minimum absolute atomic E-state index is 0.443. The maximum Gasteiger partial charge on any atom is 0.126 e. The highest BCUT2D eigenvalue weighted by atomic mass is 19.1. The number of aliphatic hydroxyl groups excluding tert-OH is 1. The van der Waals surface area contributed by atoms with Gasteiger partial charge in [0, 0.05) is 0 Å². The maximum atomic E-state index is 13.2. The van der Waals surface area contributed by atoms with Crippen molar-refractivity contribution in [1.82, 2.24) is 0 Å². The Labute approximate surface area is 70.8 Å². The fraction of sp³-hybridized carbons (Fsp3) is 0.400. The molecule has 1 aromatic rings. The Morgan fingerprint density at radius 1 is 1.17 bits per heavy atom. The summed E-state index contributed by atoms with van der Waals surface area (Å²) >= 11 is 0. The average Bonchev–Trinajstić information content (AvgIpc) is 2.12. The topological polar surface area (TPSA) is 20.2 Å². The zero-order valence-electron chi connectivity index (χ0n) is 6.70. The smallest absolute Gasteiger partial charge is 0.126 e. The summed E-state index contributed by atoms with van der Waals surface area (Å²) in [7, 11) is 0. The van der Waals surface area contributed by atoms with Gasteiger partial charge in [0.1, 0.15) is 6.17 Å². The Morgan fingerprint density at radius 3 is 2.50 bits per heavy atom. The molecule has 1 aliphatic carbocycles. The van der Waals surface area contributed by atoms with Gasteiger partial charge in [0.05, 0.1) is 6.10 Å². The molecule has 0 radical (unpaired) electrons. The molecule has 0 unspecified atom stereocenters. The zero-order chi connectivity index (χ0) is 8.55. The number of fused-ring (bicyclic) bond motifs is 1. The molecule has 0 fully saturated rings. The minimum Gasteiger partial charge on any atom is -0.388 e. The van der Waals surface area contributed by atoms with E-state index in [4.69, 9.17) is 0 Å². The van der Waals surface area contributed by atoms with Gasteiger partial charge < -0.3 is 5.11 Å². The van der Waals surface area contributed by atoms with Gasteiger partial charge in [-0.25, -0.2) is 4.39 Å². The van der Waals surface area contributed by atoms with Crippen LogP contribution in [0.3, 0.4) is 0 Å². The molecule has 2 rings (SSSR count). The lowest BCUT2D eigenvalue weighted by atomic mass is 9.88. The lowest BCUT2D eigenvalue weighted by molar-refractivity contribution is 0.130. The van der Waals surface area contributed by atoms with Crippen molar-refractivity contribution in [2.75, 3.05) is 0 Å². The molecular weight excluding hydrogens is 155 g/mol. The largest absolute Gasteiger partial charge is 0.388 e. The summed E-state index contributed by atoms with van der Waals surface area (Å²) in [6.45, 7) is 0. The van der Waals surface area contributed by atoms with Crippen molar-refractivity contribution in [3.05, 3.63) is 35.4 Å². The van der Waals surface area contributed by atoms with Gasteiger partial charge in [-0.1, -0.05) is 24.3 Å². The second-order valence-corrected chi connectivity index (χ2v) is 3.19. The Balaban J connectivity index is 2.47. The third kappa shape index (κ3) is 1.12. The molecule has 0 aliphatic heterocycles. The van der Waals surface area contributed by atoms with Crippen LogP contribution in [0.1, 0.15) is 36.2 Å². The molecular formula is C10H11FO. The molecule has 0 saturated heterocycles. The van der Waals surface area contributed by atoms with Crippen LogP contribution in [-0.4, -0.2) is 5.11 Å². The quantitative estimate of drug-likeness (QED) is 0.627. The molecule has 0 heterocycles. The summed E-state index contributed by atoms with van der Waals surface area (Å²) in [5, 5.41) is 9.51. The number of rotatable bonds is 0. The summed E-state index contributed by atoms with van der Waals surface area (Å²) in [4.78, 5) is 0. The molecule has 0 amide bonds. The number of benzene rings is 1. The number of aliphatic hydroxyl groups is 1. The van der Waals surface area contributed by atoms with Crippen molar-refractivity contribution in [2.45, 2.75) is 25.1 Å². The molecule has 2 atom stereocenters. The summed E-state index contributed by atoms with van der Waals surface area (Å²) in [5.41, 5.74) is 1.42. The van der Waals surface area contributed by atoms with E-state index in [-0.39, 0.29) is 0 Å². The van der Waals surface area contributed by atoms with E-state index in [0.717, 1.165) is 5.56 Å². The highest BCUT2D eigenvalue weighted by Crippen LogP contribution is 2.37. The van der Waals surface area contributed by atoms with E-state index in [1.807, 2.05) is 12.1 Å². The lowest BCUT2D eigenvalue weighted by Gasteiger charge is -2.23. The lowest BCUT2D eigenvalue weighted by Crippen LogP contribution is -2.10. The van der Waals surface area contributed by atoms with E-state index in [9.17, 15) is 9.50 Å². The van der Waals surface area contributed by atoms with Crippen molar-refractivity contribution in [3.8, 4) is 0 Å². The highest BCUT2D eigenvalue weighted by Gasteiger charge is 2.24. The number of halogens is 1. The normalized spacial score (nSPS) is 28.2. The highest BCUT2D eigenvalue weighted by molar-refractivity contribution is 5.32. The molecule has 12 heavy (non-hydrogen) atoms. The molecule has 0 aromatic heterocycles. The Hall–Kier alpha value is -0.890. The average molecular weight is 166 g/mol. The van der Waals surface area contributed by atoms with E-state index < -0.39 is 12.3 Å². The monoisotopic (exact) mass is 166 g/mol. The Morgan fingerprint density at radius 2 is 1.83 bits per heavy atom. The molecule has 0 spiro atoms. The van der Waals surface area contributed by atoms with Crippen LogP contribution in [0.4, 0.5) is 4.39 Å². The molecule has 1 aliphatic rings. The van der Waals surface area contributed by atoms with Gasteiger partial charge in [0.25, 0.3) is 0 Å². The van der Waals surface area contributed by atoms with Gasteiger partial charge in [0.2, 0.25) is 0 Å². The van der Waals surface area contributed by atoms with Crippen LogP contribution in [-0.2, 0) is 0 Å². The molecule has 1 nitrogen and oxygen atoms in total. The van der Waals surface area contributed by atoms with E-state index in [0.29, 0.717) is 18.4 Å². The predicted molar refractivity (Wildman–Crippen MR) is 44.5 cm³/mol. The van der Waals surface area contributed by atoms with Crippen molar-refractivity contribution >= 4 is 0 Å². The van der Waals surface area contributed by atoms with Gasteiger partial charge >= 0.3 is 0 Å². The standard InChI is InChI=1S/C10H11FO/c11-9-5-6-10(12)8-4-2-1-3-7(8)9/h1-4,9-10,12H,5-6H2/t9-,10-/m0/s1. The van der Waals surface area contributed by atoms with Crippen LogP contribution in [0.25, 0.3) is 0 Å². The third-order valence-corrected chi connectivity index (χ3v) is 2.39. The second kappa shape index (κ2) is 2.87. The zero-order valence-corrected chi connectivity index (χ0v) is 6.70. The first-order valence-electron chi connectivity index (χ1n) is 4.20. The van der Waals surface area contributed by atoms with E-state index in [1.54, 1.807) is 12.1 Å². The van der Waals surface area contributed by atoms with Crippen LogP contribution in [0, 0.1) is 0 Å². The number of alkyl halides is 1. The predicted octanol–water partition coefficient (Wildman–Crippen LogP) is 2.52. The van der Waals surface area contributed by atoms with Gasteiger partial charge in [-0.15, -0.1) is 0 Å². The van der Waals surface area contributed by atoms with Crippen LogP contribution in [0.2, 0.25) is 0 Å². The fourth-order valence-electron chi connectivity index (χ4n) is 1.71. The molecule has 1 N–H and O–H groups in total. The van der Waals surface area contributed by atoms with E-state index in [1.165, 1.54) is 0 Å². The first-order chi connectivity index (χ1) is 5.79. The SMILES string of the molecule is O[C@H]1CC[C@H](F)c2ccccc21. The van der Waals surface area contributed by atoms with Crippen molar-refractivity contribution in [3.63, 3.8) is 0 Å². The van der Waals surface area contributed by atoms with Gasteiger partial charge in [-0.2, -0.15) is 0 Å². The molecule has 64 valence electrons. The Bertz CT molecular complexity index is 256. The second-order valence-electron chi connectivity index (χ2n) is 3.19. The van der Waals surface area contributed by atoms with Gasteiger partial charge in [-0.05, 0) is 24.0 Å². The van der Waals surface area contributed by atoms with Gasteiger partial charge in [0.15, 0.2) is 0 Å². The van der Waals surface area contributed by atoms with Crippen molar-refractivity contribution in [2.24, 2.45) is 0 Å². The third-order valence-electron chi connectivity index (χ3n) is 2.39. The molecule has 0 saturated carbocycles. The first-order valence-corrected chi connectivity index (χ1v) is 4.20. The van der Waals surface area contributed by atoms with Crippen LogP contribution in [0.5, 0.6) is 0 Å². The Kier molecular flexibility index (Phi) is 1.85. The van der Waals surface area contributed by atoms with Crippen molar-refractivity contribution < 1.29 is 9.50 Å². The fourth-order valence-corrected chi connectivity index (χ4v) is 1.71. The molecule has 2 heteroatoms. The van der Waals surface area contributed by atoms with Crippen molar-refractivity contribution in [1.29, 1.82) is 0 Å². The summed E-state index contributed by atoms with van der Waals surface area (Å²) in [6, 6.07) is 7.19. The summed E-state index contributed by atoms with van der Waals surface area (Å²) < 4.78 is 13.2. The number of hydrogen-bond donors (Lipinski definition) is 1. The van der Waals surface area contributed by atoms with Crippen LogP contribution >= 0.6 is 0 Å². The van der Waals surface area contributed by atoms with Crippen LogP contribution in [0.15, 0.2) is 24.3 Å². The summed E-state index contributed by atoms with van der Waals surface area (Å²) in [6.07, 6.45) is -0.367.